The second kappa shape index (κ2) is 6.49. The molecule has 0 saturated carbocycles. The molecule has 0 aliphatic rings. The van der Waals surface area contributed by atoms with E-state index in [1.165, 1.54) is 0 Å². The van der Waals surface area contributed by atoms with Gasteiger partial charge in [-0.3, -0.25) is 0 Å². The molecule has 0 radical (unpaired) electrons. The van der Waals surface area contributed by atoms with Crippen LogP contribution >= 0.6 is 0 Å². The Hall–Kier alpha value is -0.986. The van der Waals surface area contributed by atoms with Gasteiger partial charge in [0.05, 0.1) is 0 Å². The van der Waals surface area contributed by atoms with Crippen molar-refractivity contribution in [2.24, 2.45) is 0 Å². The molecule has 4 nitrogen and oxygen atoms in total. The van der Waals surface area contributed by atoms with Gasteiger partial charge in [0.25, 0.3) is 0 Å². The normalized spacial score (nSPS) is 10.5. The quantitative estimate of drug-likeness (QED) is 0.519. The van der Waals surface area contributed by atoms with Crippen molar-refractivity contribution in [1.82, 2.24) is 0 Å². The zero-order valence-corrected chi connectivity index (χ0v) is 7.28. The molecule has 0 amide bonds. The predicted molar refractivity (Wildman–Crippen MR) is 27.4 cm³/mol. The Morgan fingerprint density at radius 1 is 0.733 bits per heavy atom. The van der Waals surface area contributed by atoms with E-state index >= 15 is 0 Å². The number of hydrogen-bond donors (Lipinski definition) is 2. The first-order valence-electron chi connectivity index (χ1n) is 2.49. The molecule has 0 spiro atoms. The number of carboxylic acid groups (broad SMARTS) is 2. The minimum absolute atomic E-state index is 0. The van der Waals surface area contributed by atoms with E-state index in [0.29, 0.717) is 0 Å². The largest absolute Gasteiger partial charge is 0.490 e. The van der Waals surface area contributed by atoms with E-state index in [2.05, 4.69) is 0 Å². The van der Waals surface area contributed by atoms with Gasteiger partial charge in [0.1, 0.15) is 0 Å². The minimum atomic E-state index is -5.08. The molecule has 0 saturated heterocycles. The summed E-state index contributed by atoms with van der Waals surface area (Å²) >= 11 is 0. The first-order chi connectivity index (χ1) is 5.89. The molecule has 0 atom stereocenters. The predicted octanol–water partition coefficient (Wildman–Crippen LogP) is 1.26. The molecule has 0 bridgehead atoms. The van der Waals surface area contributed by atoms with Crippen LogP contribution in [0.25, 0.3) is 0 Å². The van der Waals surface area contributed by atoms with Crippen LogP contribution in [-0.2, 0) is 26.1 Å². The van der Waals surface area contributed by atoms with Crippen molar-refractivity contribution in [3.05, 3.63) is 0 Å². The number of rotatable bonds is 0. The van der Waals surface area contributed by atoms with E-state index in [-0.39, 0.29) is 16.5 Å². The van der Waals surface area contributed by atoms with E-state index in [0.717, 1.165) is 0 Å². The molecule has 0 heterocycles. The fourth-order valence-electron chi connectivity index (χ4n) is 0. The molecule has 0 aliphatic carbocycles. The van der Waals surface area contributed by atoms with Gasteiger partial charge >= 0.3 is 24.3 Å². The van der Waals surface area contributed by atoms with Gasteiger partial charge < -0.3 is 10.2 Å². The Morgan fingerprint density at radius 3 is 0.800 bits per heavy atom. The van der Waals surface area contributed by atoms with Crippen molar-refractivity contribution in [3.8, 4) is 0 Å². The second-order valence-electron chi connectivity index (χ2n) is 1.61. The van der Waals surface area contributed by atoms with E-state index in [9.17, 15) is 26.3 Å². The molecular weight excluding hydrogens is 285 g/mol. The third kappa shape index (κ3) is 13.0. The van der Waals surface area contributed by atoms with Crippen LogP contribution in [0.5, 0.6) is 0 Å². The van der Waals surface area contributed by atoms with Crippen molar-refractivity contribution < 1.29 is 62.6 Å². The Labute approximate surface area is 87.8 Å². The van der Waals surface area contributed by atoms with Gasteiger partial charge in [-0.25, -0.2) is 9.59 Å². The summed E-state index contributed by atoms with van der Waals surface area (Å²) < 4.78 is 63.5. The van der Waals surface area contributed by atoms with Crippen LogP contribution in [0.15, 0.2) is 0 Å². The standard InChI is InChI=1S/2C2HF3O2.Ni/c2*3-2(4,5)1(6)7;/h2*(H,6,7);. The summed E-state index contributed by atoms with van der Waals surface area (Å²) in [6.45, 7) is 0. The fourth-order valence-corrected chi connectivity index (χ4v) is 0. The number of carboxylic acids is 2. The van der Waals surface area contributed by atoms with Gasteiger partial charge in [-0.05, 0) is 0 Å². The first-order valence-corrected chi connectivity index (χ1v) is 2.49. The molecule has 94 valence electrons. The zero-order valence-electron chi connectivity index (χ0n) is 6.29. The summed E-state index contributed by atoms with van der Waals surface area (Å²) in [5.41, 5.74) is 0. The SMILES string of the molecule is O=C(O)C(F)(F)F.O=C(O)C(F)(F)F.[Ni]. The summed E-state index contributed by atoms with van der Waals surface area (Å²) in [6.07, 6.45) is -10.2. The smallest absolute Gasteiger partial charge is 0.475 e. The third-order valence-corrected chi connectivity index (χ3v) is 0.485. The van der Waals surface area contributed by atoms with Gasteiger partial charge in [-0.15, -0.1) is 0 Å². The van der Waals surface area contributed by atoms with Crippen LogP contribution in [-0.4, -0.2) is 34.5 Å². The molecule has 15 heavy (non-hydrogen) atoms. The topological polar surface area (TPSA) is 74.6 Å². The molecule has 0 aromatic rings. The Morgan fingerprint density at radius 2 is 0.800 bits per heavy atom. The van der Waals surface area contributed by atoms with Gasteiger partial charge in [0, 0.05) is 16.5 Å². The maximum absolute atomic E-state index is 10.6. The van der Waals surface area contributed by atoms with Crippen molar-refractivity contribution in [2.75, 3.05) is 0 Å². The number of aliphatic carboxylic acids is 2. The van der Waals surface area contributed by atoms with Crippen LogP contribution in [0.1, 0.15) is 0 Å². The Bertz CT molecular complexity index is 196. The monoisotopic (exact) mass is 286 g/mol. The Kier molecular flexibility index (Phi) is 8.46. The van der Waals surface area contributed by atoms with E-state index < -0.39 is 24.3 Å². The van der Waals surface area contributed by atoms with Crippen LogP contribution in [0, 0.1) is 0 Å². The summed E-state index contributed by atoms with van der Waals surface area (Å²) in [5, 5.41) is 14.2. The van der Waals surface area contributed by atoms with Gasteiger partial charge in [0.15, 0.2) is 0 Å². The van der Waals surface area contributed by atoms with Gasteiger partial charge in [-0.2, -0.15) is 26.3 Å². The van der Waals surface area contributed by atoms with E-state index in [1.54, 1.807) is 0 Å². The Balaban J connectivity index is -0.000000180. The number of halogens is 6. The fraction of sp³-hybridized carbons (Fsp3) is 0.500. The first kappa shape index (κ1) is 19.6. The maximum atomic E-state index is 10.6. The molecule has 0 unspecified atom stereocenters. The molecular formula is C4H2F6NiO4. The number of hydrogen-bond acceptors (Lipinski definition) is 2. The maximum Gasteiger partial charge on any atom is 0.490 e. The zero-order chi connectivity index (χ0) is 12.2. The molecule has 2 N–H and O–H groups in total. The third-order valence-electron chi connectivity index (χ3n) is 0.485. The van der Waals surface area contributed by atoms with Crippen LogP contribution in [0.3, 0.4) is 0 Å². The summed E-state index contributed by atoms with van der Waals surface area (Å²) in [5.74, 6) is -5.51. The average Bonchev–Trinajstić information content (AvgIpc) is 1.83. The number of alkyl halides is 6. The van der Waals surface area contributed by atoms with Crippen molar-refractivity contribution in [3.63, 3.8) is 0 Å². The minimum Gasteiger partial charge on any atom is -0.475 e. The summed E-state index contributed by atoms with van der Waals surface area (Å²) in [7, 11) is 0. The van der Waals surface area contributed by atoms with E-state index in [4.69, 9.17) is 19.8 Å². The molecule has 11 heteroatoms. The van der Waals surface area contributed by atoms with Gasteiger partial charge in [-0.1, -0.05) is 0 Å². The van der Waals surface area contributed by atoms with Crippen molar-refractivity contribution >= 4 is 11.9 Å². The van der Waals surface area contributed by atoms with Crippen LogP contribution in [0.2, 0.25) is 0 Å². The molecule has 0 aliphatic heterocycles. The molecule has 0 fully saturated rings. The van der Waals surface area contributed by atoms with Crippen molar-refractivity contribution in [2.45, 2.75) is 12.4 Å². The molecule has 0 rings (SSSR count). The van der Waals surface area contributed by atoms with E-state index in [1.807, 2.05) is 0 Å². The van der Waals surface area contributed by atoms with Gasteiger partial charge in [0.2, 0.25) is 0 Å². The number of carbonyl (C=O) groups is 2. The summed E-state index contributed by atoms with van der Waals surface area (Å²) in [6, 6.07) is 0. The van der Waals surface area contributed by atoms with Crippen LogP contribution < -0.4 is 0 Å². The average molecular weight is 287 g/mol. The molecule has 0 aromatic heterocycles. The molecule has 0 aromatic carbocycles. The van der Waals surface area contributed by atoms with Crippen molar-refractivity contribution in [1.29, 1.82) is 0 Å². The van der Waals surface area contributed by atoms with Crippen LogP contribution in [0.4, 0.5) is 26.3 Å². The second-order valence-corrected chi connectivity index (χ2v) is 1.61. The summed E-state index contributed by atoms with van der Waals surface area (Å²) in [4.78, 5) is 17.8.